The Kier molecular flexibility index (Phi) is 13.9. The molecule has 1 aromatic rings. The Morgan fingerprint density at radius 3 is 2.18 bits per heavy atom. The van der Waals surface area contributed by atoms with E-state index in [1.165, 1.54) is 0 Å². The second-order valence-electron chi connectivity index (χ2n) is 19.2. The maximum atomic E-state index is 15.2. The van der Waals surface area contributed by atoms with Crippen LogP contribution >= 0.6 is 0 Å². The summed E-state index contributed by atoms with van der Waals surface area (Å²) in [5.74, 6) is 0.671. The SMILES string of the molecule is CC[C@H]1CCC[C@H](O[C@H]2CC[C@H](N(C)C)C(C)O2)[C@@H](C)C(=O)C2=C[C@H]3[C@@H]4C[C@H](O[C@@H]5OC(C)[C@H](OC)C(OC)[C@@H]5OC)C[C@H]4[C@H]4[C@@H]([C@H]3[C@@H]2CC(=O)O1)N4c1ccc(OC)cc1. The first-order valence-electron chi connectivity index (χ1n) is 23.1. The summed E-state index contributed by atoms with van der Waals surface area (Å²) < 4.78 is 56.2. The van der Waals surface area contributed by atoms with Crippen LogP contribution in [0.2, 0.25) is 0 Å². The van der Waals surface area contributed by atoms with E-state index < -0.39 is 18.3 Å². The number of fused-ring (bicyclic) bond motifs is 8. The number of hydrogen-bond acceptors (Lipinski definition) is 13. The quantitative estimate of drug-likeness (QED) is 0.186. The minimum absolute atomic E-state index is 0.0179. The molecule has 13 nitrogen and oxygen atoms in total. The molecular weight excluding hydrogens is 781 g/mol. The van der Waals surface area contributed by atoms with Crippen molar-refractivity contribution in [1.29, 1.82) is 0 Å². The largest absolute Gasteiger partial charge is 0.497 e. The van der Waals surface area contributed by atoms with Gasteiger partial charge in [-0.2, -0.15) is 0 Å². The molecule has 4 saturated heterocycles. The van der Waals surface area contributed by atoms with Crippen LogP contribution in [0.3, 0.4) is 0 Å². The van der Waals surface area contributed by atoms with Crippen LogP contribution in [-0.4, -0.2) is 139 Å². The van der Waals surface area contributed by atoms with Crippen LogP contribution in [0.4, 0.5) is 5.69 Å². The van der Waals surface area contributed by atoms with E-state index in [4.69, 9.17) is 42.6 Å². The van der Waals surface area contributed by atoms with Gasteiger partial charge in [0.25, 0.3) is 0 Å². The Labute approximate surface area is 363 Å². The first kappa shape index (κ1) is 45.0. The van der Waals surface area contributed by atoms with Crippen molar-refractivity contribution in [3.8, 4) is 5.75 Å². The molecule has 8 rings (SSSR count). The molecule has 19 atom stereocenters. The van der Waals surface area contributed by atoms with Crippen LogP contribution in [0.1, 0.15) is 85.5 Å². The molecule has 0 amide bonds. The third kappa shape index (κ3) is 8.68. The zero-order valence-electron chi connectivity index (χ0n) is 38.1. The Morgan fingerprint density at radius 1 is 0.803 bits per heavy atom. The summed E-state index contributed by atoms with van der Waals surface area (Å²) in [6, 6.07) is 9.00. The van der Waals surface area contributed by atoms with Gasteiger partial charge in [-0.1, -0.05) is 19.9 Å². The van der Waals surface area contributed by atoms with Crippen molar-refractivity contribution in [3.63, 3.8) is 0 Å². The lowest BCUT2D eigenvalue weighted by molar-refractivity contribution is -0.314. The number of likely N-dealkylation sites (N-methyl/N-ethyl adjacent to an activating group) is 1. The molecule has 3 unspecified atom stereocenters. The van der Waals surface area contributed by atoms with E-state index in [0.29, 0.717) is 18.4 Å². The van der Waals surface area contributed by atoms with Crippen molar-refractivity contribution < 1.29 is 52.2 Å². The summed E-state index contributed by atoms with van der Waals surface area (Å²) in [4.78, 5) is 34.0. The molecule has 0 radical (unpaired) electrons. The van der Waals surface area contributed by atoms with Gasteiger partial charge < -0.3 is 52.4 Å². The Morgan fingerprint density at radius 2 is 1.52 bits per heavy atom. The van der Waals surface area contributed by atoms with Gasteiger partial charge in [-0.15, -0.1) is 0 Å². The number of methoxy groups -OCH3 is 4. The third-order valence-corrected chi connectivity index (χ3v) is 15.8. The number of rotatable bonds is 11. The highest BCUT2D eigenvalue weighted by Crippen LogP contribution is 2.65. The molecule has 61 heavy (non-hydrogen) atoms. The van der Waals surface area contributed by atoms with Gasteiger partial charge >= 0.3 is 5.97 Å². The Bertz CT molecular complexity index is 1710. The minimum Gasteiger partial charge on any atom is -0.497 e. The monoisotopic (exact) mass is 853 g/mol. The van der Waals surface area contributed by atoms with Gasteiger partial charge in [0.1, 0.15) is 30.2 Å². The van der Waals surface area contributed by atoms with Crippen LogP contribution in [0.5, 0.6) is 5.75 Å². The van der Waals surface area contributed by atoms with Crippen LogP contribution in [0, 0.1) is 35.5 Å². The standard InChI is InChI=1S/C48H72N2O11/c1-11-29-13-12-14-38(61-40-20-19-37(49(5)6)26(3)57-40)25(2)44(52)36-23-33-32-21-31(60-48-47(56-10)46(55-9)45(54-8)27(4)58-48)22-35(32)42-43(41(33)34(36)24-39(51)59-29)50(42)28-15-17-30(53-7)18-16-28/h15-18,23,25-27,29,31-35,37-38,40-43,45-48H,11-14,19-22,24H2,1-10H3/t25-,26?,27?,29+,31+,32+,33+,34-,35-,37+,38+,40+,41-,42+,43-,45+,46?,47+,48+,50?/m1/s1. The molecule has 2 saturated carbocycles. The molecule has 0 bridgehead atoms. The second-order valence-corrected chi connectivity index (χ2v) is 19.2. The highest BCUT2D eigenvalue weighted by molar-refractivity contribution is 5.99. The van der Waals surface area contributed by atoms with Gasteiger partial charge in [-0.3, -0.25) is 9.59 Å². The van der Waals surface area contributed by atoms with E-state index in [0.717, 1.165) is 62.0 Å². The van der Waals surface area contributed by atoms with E-state index in [9.17, 15) is 4.79 Å². The van der Waals surface area contributed by atoms with Crippen LogP contribution in [-0.2, 0) is 47.5 Å². The van der Waals surface area contributed by atoms with Gasteiger partial charge in [-0.25, -0.2) is 0 Å². The van der Waals surface area contributed by atoms with Crippen molar-refractivity contribution in [2.24, 2.45) is 35.5 Å². The number of benzene rings is 1. The summed E-state index contributed by atoms with van der Waals surface area (Å²) in [6.07, 6.45) is 5.86. The fraction of sp³-hybridized carbons (Fsp3) is 0.792. The highest BCUT2D eigenvalue weighted by atomic mass is 16.7. The molecule has 7 aliphatic rings. The summed E-state index contributed by atoms with van der Waals surface area (Å²) >= 11 is 0. The normalized spacial score (nSPS) is 43.9. The van der Waals surface area contributed by atoms with Crippen molar-refractivity contribution >= 4 is 17.4 Å². The lowest BCUT2D eigenvalue weighted by Crippen LogP contribution is -2.59. The van der Waals surface area contributed by atoms with Crippen LogP contribution in [0.25, 0.3) is 0 Å². The predicted molar refractivity (Wildman–Crippen MR) is 228 cm³/mol. The van der Waals surface area contributed by atoms with Crippen molar-refractivity contribution in [1.82, 2.24) is 4.90 Å². The number of carbonyl (C=O) groups excluding carboxylic acids is 2. The number of Topliss-reactive ketones (excluding diaryl/α,β-unsaturated/α-hetero) is 1. The summed E-state index contributed by atoms with van der Waals surface area (Å²) in [6.45, 7) is 8.22. The molecule has 4 heterocycles. The average molecular weight is 853 g/mol. The maximum absolute atomic E-state index is 15.2. The van der Waals surface area contributed by atoms with Gasteiger partial charge in [0.2, 0.25) is 0 Å². The molecular formula is C48H72N2O11. The van der Waals surface area contributed by atoms with Gasteiger partial charge in [-0.05, 0) is 133 Å². The molecule has 13 heteroatoms. The topological polar surface area (TPSA) is 123 Å². The van der Waals surface area contributed by atoms with E-state index in [1.54, 1.807) is 28.4 Å². The zero-order chi connectivity index (χ0) is 43.3. The fourth-order valence-corrected chi connectivity index (χ4v) is 12.7. The predicted octanol–water partition coefficient (Wildman–Crippen LogP) is 6.20. The number of anilines is 1. The summed E-state index contributed by atoms with van der Waals surface area (Å²) in [7, 11) is 10.9. The highest BCUT2D eigenvalue weighted by Gasteiger charge is 2.69. The number of carbonyl (C=O) groups is 2. The number of hydrogen-bond donors (Lipinski definition) is 0. The average Bonchev–Trinajstić information content (AvgIpc) is 3.65. The smallest absolute Gasteiger partial charge is 0.306 e. The zero-order valence-corrected chi connectivity index (χ0v) is 38.1. The lowest BCUT2D eigenvalue weighted by Gasteiger charge is -2.44. The number of esters is 1. The first-order chi connectivity index (χ1) is 29.4. The molecule has 6 fully saturated rings. The number of allylic oxidation sites excluding steroid dienone is 2. The lowest BCUT2D eigenvalue weighted by atomic mass is 9.66. The van der Waals surface area contributed by atoms with Gasteiger partial charge in [0.05, 0.1) is 50.0 Å². The molecule has 1 aromatic carbocycles. The molecule has 0 N–H and O–H groups in total. The van der Waals surface area contributed by atoms with E-state index in [-0.39, 0.29) is 103 Å². The van der Waals surface area contributed by atoms with Gasteiger partial charge in [0, 0.05) is 44.9 Å². The summed E-state index contributed by atoms with van der Waals surface area (Å²) in [5, 5.41) is 0. The number of ether oxygens (including phenoxy) is 9. The molecule has 4 aliphatic heterocycles. The minimum atomic E-state index is -0.632. The van der Waals surface area contributed by atoms with Gasteiger partial charge in [0.15, 0.2) is 18.4 Å². The fourth-order valence-electron chi connectivity index (χ4n) is 12.7. The van der Waals surface area contributed by atoms with E-state index >= 15 is 4.79 Å². The van der Waals surface area contributed by atoms with Crippen molar-refractivity contribution in [2.45, 2.75) is 165 Å². The van der Waals surface area contributed by atoms with Crippen LogP contribution < -0.4 is 9.64 Å². The molecule has 3 aliphatic carbocycles. The Hall–Kier alpha value is -2.62. The molecule has 0 spiro atoms. The molecule has 340 valence electrons. The third-order valence-electron chi connectivity index (χ3n) is 15.8. The van der Waals surface area contributed by atoms with E-state index in [1.807, 2.05) is 26.0 Å². The number of ketones is 1. The van der Waals surface area contributed by atoms with Crippen LogP contribution in [0.15, 0.2) is 35.9 Å². The first-order valence-corrected chi connectivity index (χ1v) is 23.1. The number of nitrogens with zero attached hydrogens (tertiary/aromatic N) is 2. The summed E-state index contributed by atoms with van der Waals surface area (Å²) in [5.41, 5.74) is 1.90. The second kappa shape index (κ2) is 18.8. The van der Waals surface area contributed by atoms with Crippen molar-refractivity contribution in [3.05, 3.63) is 35.9 Å². The molecule has 0 aromatic heterocycles. The number of cyclic esters (lactones) is 1. The van der Waals surface area contributed by atoms with E-state index in [2.05, 4.69) is 56.0 Å². The maximum Gasteiger partial charge on any atom is 0.306 e. The Balaban J connectivity index is 1.11. The van der Waals surface area contributed by atoms with Crippen molar-refractivity contribution in [2.75, 3.05) is 47.4 Å².